The maximum absolute atomic E-state index is 12.7. The monoisotopic (exact) mass is 491 g/mol. The molecule has 5 rings (SSSR count). The molecule has 5 aromatic rings. The molecular formula is C25H22ClN5O2S. The number of aromatic nitrogens is 4. The Morgan fingerprint density at radius 3 is 2.71 bits per heavy atom. The van der Waals surface area contributed by atoms with Crippen molar-refractivity contribution < 1.29 is 9.21 Å². The average molecular weight is 492 g/mol. The van der Waals surface area contributed by atoms with E-state index in [0.29, 0.717) is 21.7 Å². The number of hydrogen-bond donors (Lipinski definition) is 1. The Balaban J connectivity index is 1.48. The van der Waals surface area contributed by atoms with Crippen LogP contribution in [0.1, 0.15) is 11.1 Å². The molecule has 0 aliphatic rings. The Hall–Kier alpha value is -3.49. The van der Waals surface area contributed by atoms with Crippen molar-refractivity contribution >= 4 is 46.1 Å². The fourth-order valence-electron chi connectivity index (χ4n) is 3.86. The second-order valence-corrected chi connectivity index (χ2v) is 9.36. The Morgan fingerprint density at radius 2 is 1.94 bits per heavy atom. The van der Waals surface area contributed by atoms with Crippen LogP contribution < -0.4 is 5.32 Å². The van der Waals surface area contributed by atoms with E-state index in [4.69, 9.17) is 16.0 Å². The molecule has 0 aliphatic heterocycles. The lowest BCUT2D eigenvalue weighted by Gasteiger charge is -2.13. The third-order valence-electron chi connectivity index (χ3n) is 5.61. The molecule has 3 aromatic heterocycles. The molecule has 0 fully saturated rings. The minimum atomic E-state index is -0.173. The minimum absolute atomic E-state index is 0.156. The van der Waals surface area contributed by atoms with Crippen LogP contribution in [0.25, 0.3) is 28.3 Å². The predicted octanol–water partition coefficient (Wildman–Crippen LogP) is 6.02. The van der Waals surface area contributed by atoms with Crippen molar-refractivity contribution in [3.63, 3.8) is 0 Å². The summed E-state index contributed by atoms with van der Waals surface area (Å²) in [6, 6.07) is 17.4. The van der Waals surface area contributed by atoms with E-state index in [1.807, 2.05) is 78.6 Å². The number of halogens is 1. The highest BCUT2D eigenvalue weighted by Crippen LogP contribution is 2.33. The van der Waals surface area contributed by atoms with Crippen LogP contribution in [0.4, 0.5) is 5.69 Å². The van der Waals surface area contributed by atoms with Crippen molar-refractivity contribution in [1.29, 1.82) is 0 Å². The standard InChI is InChI=1S/C25H22ClN5O2S/c1-15-8-9-18(17(26)12-15)27-23(32)14-34-25-29-28-24(31(25)19-7-5-4-6-16(19)2)21-13-22-20(30(21)3)10-11-33-22/h4-13H,14H2,1-3H3,(H,27,32). The van der Waals surface area contributed by atoms with Gasteiger partial charge in [-0.05, 0) is 43.2 Å². The van der Waals surface area contributed by atoms with E-state index in [1.165, 1.54) is 11.8 Å². The summed E-state index contributed by atoms with van der Waals surface area (Å²) >= 11 is 7.58. The number of amides is 1. The van der Waals surface area contributed by atoms with Gasteiger partial charge >= 0.3 is 0 Å². The summed E-state index contributed by atoms with van der Waals surface area (Å²) < 4.78 is 9.59. The lowest BCUT2D eigenvalue weighted by molar-refractivity contribution is -0.113. The summed E-state index contributed by atoms with van der Waals surface area (Å²) in [7, 11) is 1.97. The van der Waals surface area contributed by atoms with Crippen LogP contribution in [0.15, 0.2) is 70.4 Å². The number of benzene rings is 2. The lowest BCUT2D eigenvalue weighted by atomic mass is 10.2. The summed E-state index contributed by atoms with van der Waals surface area (Å²) in [5, 5.41) is 12.9. The highest BCUT2D eigenvalue weighted by Gasteiger charge is 2.22. The number of carbonyl (C=O) groups is 1. The molecule has 0 unspecified atom stereocenters. The van der Waals surface area contributed by atoms with Crippen LogP contribution in [0.3, 0.4) is 0 Å². The van der Waals surface area contributed by atoms with Crippen molar-refractivity contribution in [2.24, 2.45) is 7.05 Å². The molecule has 0 bridgehead atoms. The van der Waals surface area contributed by atoms with Crippen LogP contribution in [-0.4, -0.2) is 31.0 Å². The number of aryl methyl sites for hydroxylation is 3. The molecule has 0 atom stereocenters. The molecule has 2 aromatic carbocycles. The maximum atomic E-state index is 12.7. The van der Waals surface area contributed by atoms with Gasteiger partial charge in [-0.1, -0.05) is 47.6 Å². The van der Waals surface area contributed by atoms with Crippen LogP contribution in [0, 0.1) is 13.8 Å². The van der Waals surface area contributed by atoms with E-state index in [0.717, 1.165) is 33.6 Å². The fourth-order valence-corrected chi connectivity index (χ4v) is 4.89. The summed E-state index contributed by atoms with van der Waals surface area (Å²) in [5.74, 6) is 0.657. The Labute approximate surface area is 205 Å². The SMILES string of the molecule is Cc1ccc(NC(=O)CSc2nnc(-c3cc4occc4n3C)n2-c2ccccc2C)c(Cl)c1. The topological polar surface area (TPSA) is 77.9 Å². The summed E-state index contributed by atoms with van der Waals surface area (Å²) in [6.45, 7) is 3.99. The van der Waals surface area contributed by atoms with Crippen LogP contribution >= 0.6 is 23.4 Å². The average Bonchev–Trinajstić information content (AvgIpc) is 3.51. The van der Waals surface area contributed by atoms with E-state index in [1.54, 1.807) is 12.3 Å². The molecule has 34 heavy (non-hydrogen) atoms. The van der Waals surface area contributed by atoms with Gasteiger partial charge in [0.25, 0.3) is 0 Å². The molecule has 0 radical (unpaired) electrons. The van der Waals surface area contributed by atoms with Gasteiger partial charge < -0.3 is 14.3 Å². The van der Waals surface area contributed by atoms with Gasteiger partial charge in [-0.15, -0.1) is 10.2 Å². The summed E-state index contributed by atoms with van der Waals surface area (Å²) in [6.07, 6.45) is 1.67. The molecule has 0 spiro atoms. The number of anilines is 1. The number of nitrogens with zero attached hydrogens (tertiary/aromatic N) is 4. The third kappa shape index (κ3) is 4.10. The van der Waals surface area contributed by atoms with E-state index < -0.39 is 0 Å². The van der Waals surface area contributed by atoms with Gasteiger partial charge in [0.2, 0.25) is 5.91 Å². The second kappa shape index (κ2) is 9.04. The number of hydrogen-bond acceptors (Lipinski definition) is 5. The second-order valence-electron chi connectivity index (χ2n) is 8.01. The quantitative estimate of drug-likeness (QED) is 0.294. The first-order valence-corrected chi connectivity index (χ1v) is 12.0. The van der Waals surface area contributed by atoms with E-state index >= 15 is 0 Å². The first kappa shape index (κ1) is 22.3. The van der Waals surface area contributed by atoms with E-state index in [2.05, 4.69) is 15.5 Å². The first-order valence-electron chi connectivity index (χ1n) is 10.7. The van der Waals surface area contributed by atoms with Crippen molar-refractivity contribution in [2.75, 3.05) is 11.1 Å². The van der Waals surface area contributed by atoms with Gasteiger partial charge in [-0.3, -0.25) is 9.36 Å². The third-order valence-corrected chi connectivity index (χ3v) is 6.86. The number of furan rings is 1. The number of carbonyl (C=O) groups excluding carboxylic acids is 1. The van der Waals surface area contributed by atoms with Gasteiger partial charge in [0, 0.05) is 19.2 Å². The predicted molar refractivity (Wildman–Crippen MR) is 136 cm³/mol. The molecule has 3 heterocycles. The molecule has 0 saturated carbocycles. The zero-order valence-corrected chi connectivity index (χ0v) is 20.4. The van der Waals surface area contributed by atoms with E-state index in [9.17, 15) is 4.79 Å². The van der Waals surface area contributed by atoms with Gasteiger partial charge in [-0.2, -0.15) is 0 Å². The molecule has 0 saturated heterocycles. The van der Waals surface area contributed by atoms with Gasteiger partial charge in [0.05, 0.1) is 39.6 Å². The number of rotatable bonds is 6. The summed E-state index contributed by atoms with van der Waals surface area (Å²) in [5.41, 5.74) is 6.25. The Bertz CT molecular complexity index is 1520. The largest absolute Gasteiger partial charge is 0.463 e. The zero-order valence-electron chi connectivity index (χ0n) is 18.9. The fraction of sp³-hybridized carbons (Fsp3) is 0.160. The maximum Gasteiger partial charge on any atom is 0.234 e. The Kier molecular flexibility index (Phi) is 5.93. The number of fused-ring (bicyclic) bond motifs is 1. The summed E-state index contributed by atoms with van der Waals surface area (Å²) in [4.78, 5) is 12.7. The Morgan fingerprint density at radius 1 is 1.12 bits per heavy atom. The minimum Gasteiger partial charge on any atom is -0.463 e. The lowest BCUT2D eigenvalue weighted by Crippen LogP contribution is -2.15. The van der Waals surface area contributed by atoms with Crippen molar-refractivity contribution in [3.8, 4) is 17.2 Å². The zero-order chi connectivity index (χ0) is 23.8. The number of para-hydroxylation sites is 1. The molecule has 1 amide bonds. The van der Waals surface area contributed by atoms with Gasteiger partial charge in [0.1, 0.15) is 0 Å². The van der Waals surface area contributed by atoms with E-state index in [-0.39, 0.29) is 11.7 Å². The van der Waals surface area contributed by atoms with Crippen molar-refractivity contribution in [3.05, 3.63) is 77.0 Å². The van der Waals surface area contributed by atoms with Crippen molar-refractivity contribution in [2.45, 2.75) is 19.0 Å². The highest BCUT2D eigenvalue weighted by atomic mass is 35.5. The molecule has 7 nitrogen and oxygen atoms in total. The van der Waals surface area contributed by atoms with Crippen LogP contribution in [0.2, 0.25) is 5.02 Å². The molecule has 1 N–H and O–H groups in total. The van der Waals surface area contributed by atoms with Gasteiger partial charge in [-0.25, -0.2) is 0 Å². The normalized spacial score (nSPS) is 11.3. The molecule has 9 heteroatoms. The van der Waals surface area contributed by atoms with Crippen LogP contribution in [-0.2, 0) is 11.8 Å². The number of nitrogens with one attached hydrogen (secondary N) is 1. The van der Waals surface area contributed by atoms with Gasteiger partial charge in [0.15, 0.2) is 16.6 Å². The smallest absolute Gasteiger partial charge is 0.234 e. The highest BCUT2D eigenvalue weighted by molar-refractivity contribution is 7.99. The molecule has 172 valence electrons. The van der Waals surface area contributed by atoms with Crippen LogP contribution in [0.5, 0.6) is 0 Å². The molecule has 0 aliphatic carbocycles. The van der Waals surface area contributed by atoms with Crippen molar-refractivity contribution in [1.82, 2.24) is 19.3 Å². The first-order chi connectivity index (χ1) is 16.4. The number of thioether (sulfide) groups is 1. The molecular weight excluding hydrogens is 470 g/mol.